The molecule has 1 aliphatic carbocycles. The van der Waals surface area contributed by atoms with Crippen molar-refractivity contribution in [3.05, 3.63) is 82.6 Å². The van der Waals surface area contributed by atoms with Gasteiger partial charge in [-0.2, -0.15) is 0 Å². The smallest absolute Gasteiger partial charge is 0.340 e. The molecule has 1 saturated carbocycles. The van der Waals surface area contributed by atoms with Gasteiger partial charge in [0, 0.05) is 11.7 Å². The highest BCUT2D eigenvalue weighted by Gasteiger charge is 2.40. The first-order valence-electron chi connectivity index (χ1n) is 11.2. The monoisotopic (exact) mass is 431 g/mol. The molecule has 2 aliphatic rings. The summed E-state index contributed by atoms with van der Waals surface area (Å²) >= 11 is 0. The summed E-state index contributed by atoms with van der Waals surface area (Å²) in [5.41, 5.74) is 3.32. The Hall–Kier alpha value is -3.34. The second kappa shape index (κ2) is 9.86. The number of methoxy groups -OCH3 is 1. The lowest BCUT2D eigenvalue weighted by Gasteiger charge is -2.32. The molecule has 0 bridgehead atoms. The van der Waals surface area contributed by atoms with Gasteiger partial charge in [-0.3, -0.25) is 4.79 Å². The molecule has 166 valence electrons. The van der Waals surface area contributed by atoms with Crippen LogP contribution in [-0.2, 0) is 20.9 Å². The van der Waals surface area contributed by atoms with Crippen molar-refractivity contribution < 1.29 is 19.1 Å². The fourth-order valence-corrected chi connectivity index (χ4v) is 4.58. The molecule has 5 heteroatoms. The molecule has 32 heavy (non-hydrogen) atoms. The minimum absolute atomic E-state index is 0.120. The normalized spacial score (nSPS) is 18.4. The Kier molecular flexibility index (Phi) is 6.74. The number of esters is 1. The van der Waals surface area contributed by atoms with Crippen LogP contribution in [-0.4, -0.2) is 29.9 Å². The standard InChI is InChI=1S/C27H29NO4/c1-19-25(27(30)31-2)24(26(29)28(19)22-13-7-4-8-14-22)17-21-12-9-15-23(16-21)32-18-20-10-5-3-6-11-20/h3,5-6,9-12,15-17,22H,4,7-8,13-14,18H2,1-2H3/b24-17-. The van der Waals surface area contributed by atoms with Crippen molar-refractivity contribution in [2.75, 3.05) is 7.11 Å². The van der Waals surface area contributed by atoms with Crippen LogP contribution in [0.3, 0.4) is 0 Å². The molecule has 0 unspecified atom stereocenters. The zero-order chi connectivity index (χ0) is 22.5. The van der Waals surface area contributed by atoms with Crippen LogP contribution in [0.4, 0.5) is 0 Å². The maximum absolute atomic E-state index is 13.4. The molecule has 0 aromatic heterocycles. The lowest BCUT2D eigenvalue weighted by molar-refractivity contribution is -0.136. The number of hydrogen-bond donors (Lipinski definition) is 0. The van der Waals surface area contributed by atoms with Crippen molar-refractivity contribution in [3.8, 4) is 5.75 Å². The molecule has 2 aromatic carbocycles. The second-order valence-corrected chi connectivity index (χ2v) is 8.32. The number of rotatable bonds is 6. The molecule has 1 amide bonds. The van der Waals surface area contributed by atoms with Gasteiger partial charge in [-0.25, -0.2) is 4.79 Å². The predicted molar refractivity (Wildman–Crippen MR) is 124 cm³/mol. The van der Waals surface area contributed by atoms with Gasteiger partial charge in [0.1, 0.15) is 12.4 Å². The van der Waals surface area contributed by atoms with E-state index >= 15 is 0 Å². The fraction of sp³-hybridized carbons (Fsp3) is 0.333. The summed E-state index contributed by atoms with van der Waals surface area (Å²) in [5, 5.41) is 0. The lowest BCUT2D eigenvalue weighted by atomic mass is 9.94. The zero-order valence-corrected chi connectivity index (χ0v) is 18.7. The Morgan fingerprint density at radius 2 is 1.81 bits per heavy atom. The van der Waals surface area contributed by atoms with Crippen molar-refractivity contribution in [3.63, 3.8) is 0 Å². The summed E-state index contributed by atoms with van der Waals surface area (Å²) in [6, 6.07) is 17.7. The lowest BCUT2D eigenvalue weighted by Crippen LogP contribution is -2.37. The largest absolute Gasteiger partial charge is 0.489 e. The first-order valence-corrected chi connectivity index (χ1v) is 11.2. The number of amides is 1. The van der Waals surface area contributed by atoms with Gasteiger partial charge in [0.05, 0.1) is 18.3 Å². The number of carbonyl (C=O) groups is 2. The van der Waals surface area contributed by atoms with Crippen molar-refractivity contribution in [1.82, 2.24) is 4.90 Å². The average molecular weight is 432 g/mol. The van der Waals surface area contributed by atoms with E-state index < -0.39 is 5.97 Å². The quantitative estimate of drug-likeness (QED) is 0.462. The molecule has 1 aliphatic heterocycles. The van der Waals surface area contributed by atoms with E-state index in [1.807, 2.05) is 66.4 Å². The third-order valence-corrected chi connectivity index (χ3v) is 6.19. The summed E-state index contributed by atoms with van der Waals surface area (Å²) < 4.78 is 11.0. The molecule has 0 atom stereocenters. The minimum Gasteiger partial charge on any atom is -0.489 e. The Balaban J connectivity index is 1.61. The number of benzene rings is 2. The predicted octanol–water partition coefficient (Wildman–Crippen LogP) is 5.27. The highest BCUT2D eigenvalue weighted by Crippen LogP contribution is 2.37. The van der Waals surface area contributed by atoms with Gasteiger partial charge in [0.2, 0.25) is 0 Å². The van der Waals surface area contributed by atoms with Crippen molar-refractivity contribution in [2.45, 2.75) is 51.7 Å². The summed E-state index contributed by atoms with van der Waals surface area (Å²) in [4.78, 5) is 27.8. The van der Waals surface area contributed by atoms with Crippen molar-refractivity contribution in [1.29, 1.82) is 0 Å². The van der Waals surface area contributed by atoms with Crippen LogP contribution < -0.4 is 4.74 Å². The van der Waals surface area contributed by atoms with Gasteiger partial charge in [0.25, 0.3) is 5.91 Å². The molecule has 0 spiro atoms. The Morgan fingerprint density at radius 1 is 1.06 bits per heavy atom. The van der Waals surface area contributed by atoms with Gasteiger partial charge in [-0.05, 0) is 49.1 Å². The molecule has 1 heterocycles. The molecule has 0 radical (unpaired) electrons. The van der Waals surface area contributed by atoms with Crippen LogP contribution in [0.15, 0.2) is 71.4 Å². The number of carbonyl (C=O) groups excluding carboxylic acids is 2. The van der Waals surface area contributed by atoms with E-state index in [0.717, 1.165) is 36.8 Å². The summed E-state index contributed by atoms with van der Waals surface area (Å²) in [6.45, 7) is 2.31. The molecular formula is C27H29NO4. The van der Waals surface area contributed by atoms with E-state index in [2.05, 4.69) is 0 Å². The van der Waals surface area contributed by atoms with Crippen LogP contribution in [0.5, 0.6) is 5.75 Å². The molecule has 4 rings (SSSR count). The van der Waals surface area contributed by atoms with E-state index in [-0.39, 0.29) is 11.9 Å². The van der Waals surface area contributed by atoms with Crippen molar-refractivity contribution >= 4 is 18.0 Å². The number of hydrogen-bond acceptors (Lipinski definition) is 4. The first kappa shape index (κ1) is 21.9. The third kappa shape index (κ3) is 4.62. The highest BCUT2D eigenvalue weighted by atomic mass is 16.5. The SMILES string of the molecule is COC(=O)C1=C(C)N(C2CCCCC2)C(=O)/C1=C\c1cccc(OCc2ccccc2)c1. The van der Waals surface area contributed by atoms with E-state index in [9.17, 15) is 9.59 Å². The van der Waals surface area contributed by atoms with Crippen LogP contribution in [0.2, 0.25) is 0 Å². The average Bonchev–Trinajstić information content (AvgIpc) is 3.08. The minimum atomic E-state index is -0.475. The highest BCUT2D eigenvalue weighted by molar-refractivity contribution is 6.16. The van der Waals surface area contributed by atoms with Crippen LogP contribution >= 0.6 is 0 Å². The van der Waals surface area contributed by atoms with Crippen LogP contribution in [0, 0.1) is 0 Å². The first-order chi connectivity index (χ1) is 15.6. The van der Waals surface area contributed by atoms with E-state index in [1.54, 1.807) is 6.08 Å². The summed E-state index contributed by atoms with van der Waals surface area (Å²) in [6.07, 6.45) is 7.12. The van der Waals surface area contributed by atoms with Crippen LogP contribution in [0.1, 0.15) is 50.2 Å². The molecule has 0 N–H and O–H groups in total. The van der Waals surface area contributed by atoms with E-state index in [1.165, 1.54) is 13.5 Å². The Bertz CT molecular complexity index is 1050. The third-order valence-electron chi connectivity index (χ3n) is 6.19. The molecule has 0 saturated heterocycles. The number of ether oxygens (including phenoxy) is 2. The van der Waals surface area contributed by atoms with Gasteiger partial charge in [0.15, 0.2) is 0 Å². The van der Waals surface area contributed by atoms with Gasteiger partial charge < -0.3 is 14.4 Å². The summed E-state index contributed by atoms with van der Waals surface area (Å²) in [5.74, 6) is 0.111. The molecule has 5 nitrogen and oxygen atoms in total. The maximum atomic E-state index is 13.4. The van der Waals surface area contributed by atoms with Gasteiger partial charge in [-0.1, -0.05) is 61.7 Å². The number of nitrogens with zero attached hydrogens (tertiary/aromatic N) is 1. The fourth-order valence-electron chi connectivity index (χ4n) is 4.58. The molecule has 2 aromatic rings. The van der Waals surface area contributed by atoms with Crippen molar-refractivity contribution in [2.24, 2.45) is 0 Å². The van der Waals surface area contributed by atoms with Gasteiger partial charge >= 0.3 is 5.97 Å². The zero-order valence-electron chi connectivity index (χ0n) is 18.7. The van der Waals surface area contributed by atoms with E-state index in [0.29, 0.717) is 29.2 Å². The Morgan fingerprint density at radius 3 is 2.53 bits per heavy atom. The molecule has 1 fully saturated rings. The van der Waals surface area contributed by atoms with E-state index in [4.69, 9.17) is 9.47 Å². The van der Waals surface area contributed by atoms with Gasteiger partial charge in [-0.15, -0.1) is 0 Å². The maximum Gasteiger partial charge on any atom is 0.340 e. The second-order valence-electron chi connectivity index (χ2n) is 8.32. The van der Waals surface area contributed by atoms with Crippen LogP contribution in [0.25, 0.3) is 6.08 Å². The summed E-state index contributed by atoms with van der Waals surface area (Å²) in [7, 11) is 1.35. The number of allylic oxidation sites excluding steroid dienone is 1. The topological polar surface area (TPSA) is 55.8 Å². The molecular weight excluding hydrogens is 402 g/mol. The Labute approximate surface area is 189 Å².